The summed E-state index contributed by atoms with van der Waals surface area (Å²) in [5, 5.41) is 4.05. The Balaban J connectivity index is 1.65. The first-order valence-electron chi connectivity index (χ1n) is 9.44. The summed E-state index contributed by atoms with van der Waals surface area (Å²) in [6.07, 6.45) is 0.584. The van der Waals surface area contributed by atoms with Crippen molar-refractivity contribution in [1.82, 2.24) is 19.8 Å². The molecule has 0 atom stereocenters. The smallest absolute Gasteiger partial charge is 0.324 e. The molecular weight excluding hydrogens is 424 g/mol. The van der Waals surface area contributed by atoms with E-state index in [0.717, 1.165) is 11.3 Å². The number of carbonyl (C=O) groups is 2. The van der Waals surface area contributed by atoms with Crippen molar-refractivity contribution in [2.45, 2.75) is 18.5 Å². The van der Waals surface area contributed by atoms with Gasteiger partial charge in [-0.1, -0.05) is 35.5 Å². The first-order chi connectivity index (χ1) is 14.4. The zero-order chi connectivity index (χ0) is 21.3. The number of nitrogens with one attached hydrogen (secondary N) is 1. The van der Waals surface area contributed by atoms with Crippen LogP contribution in [0.5, 0.6) is 0 Å². The van der Waals surface area contributed by atoms with Crippen molar-refractivity contribution in [2.24, 2.45) is 0 Å². The van der Waals surface area contributed by atoms with E-state index in [1.54, 1.807) is 22.8 Å². The Kier molecular flexibility index (Phi) is 5.78. The van der Waals surface area contributed by atoms with Gasteiger partial charge in [-0.2, -0.15) is 0 Å². The Bertz CT molecular complexity index is 1190. The summed E-state index contributed by atoms with van der Waals surface area (Å²) in [6.45, 7) is 2.34. The van der Waals surface area contributed by atoms with E-state index >= 15 is 0 Å². The second-order valence-corrected chi connectivity index (χ2v) is 8.44. The summed E-state index contributed by atoms with van der Waals surface area (Å²) in [5.41, 5.74) is 2.14. The number of imide groups is 1. The van der Waals surface area contributed by atoms with E-state index in [0.29, 0.717) is 39.8 Å². The number of hydrogen-bond donors (Lipinski definition) is 1. The number of rotatable bonds is 6. The Morgan fingerprint density at radius 2 is 2.00 bits per heavy atom. The molecule has 1 aliphatic heterocycles. The van der Waals surface area contributed by atoms with Crippen LogP contribution in [0.25, 0.3) is 16.6 Å². The van der Waals surface area contributed by atoms with Gasteiger partial charge in [-0.3, -0.25) is 19.1 Å². The molecule has 1 aliphatic rings. The van der Waals surface area contributed by atoms with E-state index < -0.39 is 0 Å². The molecule has 0 spiro atoms. The number of nitrogens with zero attached hydrogens (tertiary/aromatic N) is 3. The minimum atomic E-state index is -0.361. The summed E-state index contributed by atoms with van der Waals surface area (Å²) in [4.78, 5) is 42.5. The first kappa shape index (κ1) is 20.4. The van der Waals surface area contributed by atoms with Crippen LogP contribution in [0.15, 0.2) is 52.4 Å². The van der Waals surface area contributed by atoms with Gasteiger partial charge in [-0.05, 0) is 49.2 Å². The molecule has 2 aromatic carbocycles. The fourth-order valence-corrected chi connectivity index (χ4v) is 4.40. The van der Waals surface area contributed by atoms with Gasteiger partial charge in [-0.15, -0.1) is 0 Å². The maximum absolute atomic E-state index is 13.3. The third kappa shape index (κ3) is 4.06. The highest BCUT2D eigenvalue weighted by Crippen LogP contribution is 2.24. The van der Waals surface area contributed by atoms with Crippen LogP contribution >= 0.6 is 23.4 Å². The minimum Gasteiger partial charge on any atom is -0.329 e. The van der Waals surface area contributed by atoms with Crippen LogP contribution in [-0.2, 0) is 4.79 Å². The second kappa shape index (κ2) is 8.49. The Morgan fingerprint density at radius 3 is 2.73 bits per heavy atom. The number of halogens is 1. The highest BCUT2D eigenvalue weighted by molar-refractivity contribution is 7.99. The molecule has 0 saturated carbocycles. The number of amides is 3. The van der Waals surface area contributed by atoms with Crippen LogP contribution in [0.4, 0.5) is 4.79 Å². The Labute approximate surface area is 182 Å². The number of thioether (sulfide) groups is 1. The standard InChI is InChI=1S/C21H19ClN4O3S/c1-13-4-2-5-15(10-13)26-19(28)16-7-6-14(22)11-17(16)24-21(26)30-9-3-8-25-18(27)12-23-20(25)29/h2,4-7,10-11H,3,8-9,12H2,1H3,(H,23,29). The molecule has 3 aromatic rings. The Hall–Kier alpha value is -2.84. The molecule has 1 saturated heterocycles. The van der Waals surface area contributed by atoms with Crippen molar-refractivity contribution in [3.8, 4) is 5.69 Å². The molecule has 9 heteroatoms. The SMILES string of the molecule is Cc1cccc(-n2c(SCCCN3C(=O)CNC3=O)nc3cc(Cl)ccc3c2=O)c1. The van der Waals surface area contributed by atoms with Gasteiger partial charge in [0.15, 0.2) is 5.16 Å². The molecule has 0 unspecified atom stereocenters. The lowest BCUT2D eigenvalue weighted by Gasteiger charge is -2.15. The topological polar surface area (TPSA) is 84.3 Å². The van der Waals surface area contributed by atoms with E-state index in [9.17, 15) is 14.4 Å². The molecule has 7 nitrogen and oxygen atoms in total. The van der Waals surface area contributed by atoms with Crippen molar-refractivity contribution in [2.75, 3.05) is 18.8 Å². The highest BCUT2D eigenvalue weighted by Gasteiger charge is 2.27. The number of fused-ring (bicyclic) bond motifs is 1. The van der Waals surface area contributed by atoms with E-state index in [4.69, 9.17) is 11.6 Å². The van der Waals surface area contributed by atoms with Crippen LogP contribution in [-0.4, -0.2) is 45.2 Å². The van der Waals surface area contributed by atoms with Gasteiger partial charge in [0.1, 0.15) is 0 Å². The largest absolute Gasteiger partial charge is 0.329 e. The lowest BCUT2D eigenvalue weighted by molar-refractivity contribution is -0.124. The molecule has 1 N–H and O–H groups in total. The number of hydrogen-bond acceptors (Lipinski definition) is 5. The lowest BCUT2D eigenvalue weighted by atomic mass is 10.2. The number of aryl methyl sites for hydroxylation is 1. The molecule has 154 valence electrons. The second-order valence-electron chi connectivity index (χ2n) is 6.94. The van der Waals surface area contributed by atoms with Crippen LogP contribution in [0.1, 0.15) is 12.0 Å². The quantitative estimate of drug-likeness (QED) is 0.274. The minimum absolute atomic E-state index is 0.0475. The first-order valence-corrected chi connectivity index (χ1v) is 10.8. The molecule has 0 radical (unpaired) electrons. The van der Waals surface area contributed by atoms with Gasteiger partial charge < -0.3 is 5.32 Å². The summed E-state index contributed by atoms with van der Waals surface area (Å²) >= 11 is 7.50. The molecule has 1 aromatic heterocycles. The normalized spacial score (nSPS) is 13.9. The van der Waals surface area contributed by atoms with Crippen molar-refractivity contribution in [3.63, 3.8) is 0 Å². The summed E-state index contributed by atoms with van der Waals surface area (Å²) in [7, 11) is 0. The summed E-state index contributed by atoms with van der Waals surface area (Å²) in [6, 6.07) is 12.3. The molecule has 2 heterocycles. The molecular formula is C21H19ClN4O3S. The number of aromatic nitrogens is 2. The van der Waals surface area contributed by atoms with Crippen molar-refractivity contribution < 1.29 is 9.59 Å². The third-order valence-electron chi connectivity index (χ3n) is 4.75. The lowest BCUT2D eigenvalue weighted by Crippen LogP contribution is -2.32. The monoisotopic (exact) mass is 442 g/mol. The van der Waals surface area contributed by atoms with Gasteiger partial charge >= 0.3 is 6.03 Å². The van der Waals surface area contributed by atoms with Gasteiger partial charge in [0, 0.05) is 17.3 Å². The fourth-order valence-electron chi connectivity index (χ4n) is 3.30. The zero-order valence-corrected chi connectivity index (χ0v) is 17.8. The number of benzene rings is 2. The maximum atomic E-state index is 13.3. The van der Waals surface area contributed by atoms with Crippen LogP contribution < -0.4 is 10.9 Å². The molecule has 0 bridgehead atoms. The zero-order valence-electron chi connectivity index (χ0n) is 16.2. The maximum Gasteiger partial charge on any atom is 0.324 e. The van der Waals surface area contributed by atoms with Gasteiger partial charge in [0.05, 0.1) is 23.1 Å². The van der Waals surface area contributed by atoms with Gasteiger partial charge in [-0.25, -0.2) is 9.78 Å². The van der Waals surface area contributed by atoms with E-state index in [1.165, 1.54) is 16.7 Å². The summed E-state index contributed by atoms with van der Waals surface area (Å²) < 4.78 is 1.60. The average molecular weight is 443 g/mol. The molecule has 30 heavy (non-hydrogen) atoms. The predicted molar refractivity (Wildman–Crippen MR) is 118 cm³/mol. The van der Waals surface area contributed by atoms with Crippen LogP contribution in [0.2, 0.25) is 5.02 Å². The number of carbonyl (C=O) groups excluding carboxylic acids is 2. The highest BCUT2D eigenvalue weighted by atomic mass is 35.5. The van der Waals surface area contributed by atoms with E-state index in [-0.39, 0.29) is 24.0 Å². The van der Waals surface area contributed by atoms with Crippen molar-refractivity contribution >= 4 is 46.2 Å². The fraction of sp³-hybridized carbons (Fsp3) is 0.238. The molecule has 1 fully saturated rings. The summed E-state index contributed by atoms with van der Waals surface area (Å²) in [5.74, 6) is 0.363. The van der Waals surface area contributed by atoms with Crippen LogP contribution in [0, 0.1) is 6.92 Å². The molecule has 3 amide bonds. The molecule has 4 rings (SSSR count). The van der Waals surface area contributed by atoms with Crippen LogP contribution in [0.3, 0.4) is 0 Å². The Morgan fingerprint density at radius 1 is 1.17 bits per heavy atom. The predicted octanol–water partition coefficient (Wildman–Crippen LogP) is 3.38. The van der Waals surface area contributed by atoms with E-state index in [2.05, 4.69) is 10.3 Å². The van der Waals surface area contributed by atoms with Crippen molar-refractivity contribution in [1.29, 1.82) is 0 Å². The van der Waals surface area contributed by atoms with Gasteiger partial charge in [0.25, 0.3) is 5.56 Å². The number of urea groups is 1. The molecule has 0 aliphatic carbocycles. The average Bonchev–Trinajstić information content (AvgIpc) is 3.03. The van der Waals surface area contributed by atoms with E-state index in [1.807, 2.05) is 31.2 Å². The van der Waals surface area contributed by atoms with Gasteiger partial charge in [0.2, 0.25) is 5.91 Å². The third-order valence-corrected chi connectivity index (χ3v) is 6.01. The van der Waals surface area contributed by atoms with Crippen molar-refractivity contribution in [3.05, 3.63) is 63.4 Å².